The molecule has 0 bridgehead atoms. The number of hydrogen-bond acceptors (Lipinski definition) is 5. The van der Waals surface area contributed by atoms with Crippen LogP contribution in [0.3, 0.4) is 0 Å². The molecule has 1 atom stereocenters. The van der Waals surface area contributed by atoms with Crippen LogP contribution in [0.2, 0.25) is 5.02 Å². The van der Waals surface area contributed by atoms with Crippen LogP contribution in [-0.4, -0.2) is 30.4 Å². The van der Waals surface area contributed by atoms with E-state index in [-0.39, 0.29) is 17.7 Å². The third-order valence-corrected chi connectivity index (χ3v) is 7.18. The molecule has 0 spiro atoms. The predicted molar refractivity (Wildman–Crippen MR) is 155 cm³/mol. The van der Waals surface area contributed by atoms with Crippen LogP contribution >= 0.6 is 11.6 Å². The van der Waals surface area contributed by atoms with E-state index in [9.17, 15) is 4.79 Å². The number of carbonyl (C=O) groups is 1. The number of nitrogens with zero attached hydrogens (tertiary/aromatic N) is 3. The molecule has 0 saturated heterocycles. The van der Waals surface area contributed by atoms with Crippen molar-refractivity contribution < 1.29 is 4.79 Å². The third-order valence-electron chi connectivity index (χ3n) is 6.87. The molecule has 2 aromatic carbocycles. The van der Waals surface area contributed by atoms with E-state index >= 15 is 0 Å². The van der Waals surface area contributed by atoms with Gasteiger partial charge in [0, 0.05) is 48.7 Å². The topological polar surface area (TPSA) is 71.4 Å². The number of hydrogen-bond donors (Lipinski definition) is 2. The van der Waals surface area contributed by atoms with Gasteiger partial charge in [0.15, 0.2) is 0 Å². The van der Waals surface area contributed by atoms with Gasteiger partial charge >= 0.3 is 0 Å². The van der Waals surface area contributed by atoms with Crippen molar-refractivity contribution in [3.63, 3.8) is 0 Å². The van der Waals surface area contributed by atoms with Crippen LogP contribution in [-0.2, 0) is 4.79 Å². The summed E-state index contributed by atoms with van der Waals surface area (Å²) < 4.78 is 0. The molecule has 1 amide bonds. The van der Waals surface area contributed by atoms with Gasteiger partial charge < -0.3 is 20.4 Å². The molecule has 194 valence electrons. The van der Waals surface area contributed by atoms with Crippen molar-refractivity contribution in [2.24, 2.45) is 11.8 Å². The highest BCUT2D eigenvalue weighted by atomic mass is 35.5. The second-order valence-corrected chi connectivity index (χ2v) is 9.91. The van der Waals surface area contributed by atoms with E-state index in [1.807, 2.05) is 6.07 Å². The molecule has 6 nitrogen and oxygen atoms in total. The second kappa shape index (κ2) is 12.0. The molecule has 2 N–H and O–H groups in total. The molecule has 0 saturated carbocycles. The summed E-state index contributed by atoms with van der Waals surface area (Å²) in [5.41, 5.74) is 5.84. The first-order valence-electron chi connectivity index (χ1n) is 12.6. The van der Waals surface area contributed by atoms with Crippen molar-refractivity contribution in [1.82, 2.24) is 10.2 Å². The summed E-state index contributed by atoms with van der Waals surface area (Å²) in [7, 11) is 0. The van der Waals surface area contributed by atoms with E-state index in [1.54, 1.807) is 18.2 Å². The summed E-state index contributed by atoms with van der Waals surface area (Å²) in [6.45, 7) is 23.5. The zero-order chi connectivity index (χ0) is 27.3. The van der Waals surface area contributed by atoms with Crippen LogP contribution in [0.25, 0.3) is 11.4 Å². The predicted octanol–water partition coefficient (Wildman–Crippen LogP) is 6.68. The lowest BCUT2D eigenvalue weighted by molar-refractivity contribution is -0.117. The minimum absolute atomic E-state index is 0.0904. The van der Waals surface area contributed by atoms with Gasteiger partial charge in [-0.15, -0.1) is 0 Å². The average molecular weight is 518 g/mol. The molecule has 1 aliphatic rings. The molecule has 2 aromatic rings. The zero-order valence-corrected chi connectivity index (χ0v) is 23.0. The maximum atomic E-state index is 12.8. The summed E-state index contributed by atoms with van der Waals surface area (Å²) >= 11 is 6.10. The molecule has 37 heavy (non-hydrogen) atoms. The molecule has 7 heteroatoms. The largest absolute Gasteiger partial charge is 0.385 e. The molecule has 1 aliphatic heterocycles. The van der Waals surface area contributed by atoms with Crippen LogP contribution in [0, 0.1) is 23.2 Å². The van der Waals surface area contributed by atoms with E-state index in [2.05, 4.69) is 86.1 Å². The molecular weight excluding hydrogens is 482 g/mol. The number of benzene rings is 2. The van der Waals surface area contributed by atoms with Crippen LogP contribution in [0.1, 0.15) is 50.8 Å². The standard InChI is InChI=1S/C30H36ClN5O/c1-8-35-21(6)27-14-23(11-13-29(27)36(9-2)22(35)7)20(5)33-18-25(19(3)4)15-30(37)34-26-12-10-24(17-32)28(31)16-26/h10-14,16,19,25,33H,5-9,15,18H2,1-4H3,(H,34,37). The summed E-state index contributed by atoms with van der Waals surface area (Å²) in [5.74, 6) is 1.21. The summed E-state index contributed by atoms with van der Waals surface area (Å²) in [5, 5.41) is 15.7. The molecule has 0 aromatic heterocycles. The van der Waals surface area contributed by atoms with E-state index in [1.165, 1.54) is 0 Å². The smallest absolute Gasteiger partial charge is 0.224 e. The monoisotopic (exact) mass is 517 g/mol. The first-order chi connectivity index (χ1) is 17.6. The number of nitrogens with one attached hydrogen (secondary N) is 2. The van der Waals surface area contributed by atoms with Gasteiger partial charge in [0.1, 0.15) is 11.9 Å². The van der Waals surface area contributed by atoms with Crippen molar-refractivity contribution in [3.05, 3.63) is 83.7 Å². The normalized spacial score (nSPS) is 13.8. The molecule has 3 rings (SSSR count). The average Bonchev–Trinajstić information content (AvgIpc) is 2.86. The number of anilines is 2. The Kier molecular flexibility index (Phi) is 9.07. The van der Waals surface area contributed by atoms with E-state index in [0.29, 0.717) is 29.2 Å². The summed E-state index contributed by atoms with van der Waals surface area (Å²) in [6, 6.07) is 13.2. The number of rotatable bonds is 10. The minimum Gasteiger partial charge on any atom is -0.385 e. The molecule has 1 unspecified atom stereocenters. The lowest BCUT2D eigenvalue weighted by atomic mass is 9.91. The van der Waals surface area contributed by atoms with Gasteiger partial charge in [-0.1, -0.05) is 51.3 Å². The molecule has 1 heterocycles. The van der Waals surface area contributed by atoms with Crippen molar-refractivity contribution >= 4 is 40.3 Å². The fourth-order valence-corrected chi connectivity index (χ4v) is 4.76. The third kappa shape index (κ3) is 6.18. The van der Waals surface area contributed by atoms with Crippen molar-refractivity contribution in [2.45, 2.75) is 34.1 Å². The minimum atomic E-state index is -0.100. The Morgan fingerprint density at radius 1 is 1.11 bits per heavy atom. The van der Waals surface area contributed by atoms with Gasteiger partial charge in [-0.3, -0.25) is 4.79 Å². The maximum Gasteiger partial charge on any atom is 0.224 e. The first kappa shape index (κ1) is 27.9. The Hall–Kier alpha value is -3.69. The second-order valence-electron chi connectivity index (χ2n) is 9.51. The van der Waals surface area contributed by atoms with Gasteiger partial charge in [0.05, 0.1) is 16.3 Å². The first-order valence-corrected chi connectivity index (χ1v) is 13.0. The lowest BCUT2D eigenvalue weighted by Gasteiger charge is -2.41. The Labute approximate surface area is 225 Å². The van der Waals surface area contributed by atoms with Crippen molar-refractivity contribution in [1.29, 1.82) is 5.26 Å². The van der Waals surface area contributed by atoms with Crippen LogP contribution in [0.5, 0.6) is 0 Å². The lowest BCUT2D eigenvalue weighted by Crippen LogP contribution is -2.38. The van der Waals surface area contributed by atoms with Crippen molar-refractivity contribution in [2.75, 3.05) is 29.9 Å². The highest BCUT2D eigenvalue weighted by molar-refractivity contribution is 6.32. The maximum absolute atomic E-state index is 12.8. The fourth-order valence-electron chi connectivity index (χ4n) is 4.54. The number of nitriles is 1. The number of fused-ring (bicyclic) bond motifs is 1. The van der Waals surface area contributed by atoms with Gasteiger partial charge in [-0.2, -0.15) is 5.26 Å². The van der Waals surface area contributed by atoms with Crippen LogP contribution in [0.4, 0.5) is 11.4 Å². The Morgan fingerprint density at radius 3 is 2.41 bits per heavy atom. The SMILES string of the molecule is C=C(NCC(CC(=O)Nc1ccc(C#N)c(Cl)c1)C(C)C)c1ccc2c(c1)C(=C)N(CC)C(=C)N2CC. The molecule has 0 aliphatic carbocycles. The fraction of sp³-hybridized carbons (Fsp3) is 0.333. The number of carbonyl (C=O) groups excluding carboxylic acids is 1. The molecule has 0 radical (unpaired) electrons. The van der Waals surface area contributed by atoms with Crippen LogP contribution < -0.4 is 15.5 Å². The van der Waals surface area contributed by atoms with Crippen molar-refractivity contribution in [3.8, 4) is 6.07 Å². The Bertz CT molecular complexity index is 1260. The van der Waals surface area contributed by atoms with Crippen LogP contribution in [0.15, 0.2) is 62.0 Å². The van der Waals surface area contributed by atoms with Gasteiger partial charge in [0.2, 0.25) is 5.91 Å². The van der Waals surface area contributed by atoms with Gasteiger partial charge in [-0.05, 0) is 61.6 Å². The van der Waals surface area contributed by atoms with Gasteiger partial charge in [0.25, 0.3) is 0 Å². The van der Waals surface area contributed by atoms with Gasteiger partial charge in [-0.25, -0.2) is 0 Å². The quantitative estimate of drug-likeness (QED) is 0.368. The van der Waals surface area contributed by atoms with E-state index < -0.39 is 0 Å². The summed E-state index contributed by atoms with van der Waals surface area (Å²) in [6.07, 6.45) is 0.343. The highest BCUT2D eigenvalue weighted by Gasteiger charge is 2.27. The van der Waals surface area contributed by atoms with E-state index in [4.69, 9.17) is 16.9 Å². The Morgan fingerprint density at radius 2 is 1.81 bits per heavy atom. The molecular formula is C30H36ClN5O. The van der Waals surface area contributed by atoms with E-state index in [0.717, 1.165) is 47.1 Å². The number of amides is 1. The Balaban J connectivity index is 1.68. The highest BCUT2D eigenvalue weighted by Crippen LogP contribution is 2.39. The molecule has 0 fully saturated rings. The summed E-state index contributed by atoms with van der Waals surface area (Å²) in [4.78, 5) is 17.1. The zero-order valence-electron chi connectivity index (χ0n) is 22.2. The number of halogens is 1.